The average molecular weight is 307 g/mol. The van der Waals surface area contributed by atoms with Crippen LogP contribution < -0.4 is 4.74 Å². The molecule has 0 fully saturated rings. The number of pyridine rings is 1. The largest absolute Gasteiger partial charge is 0.420 e. The quantitative estimate of drug-likeness (QED) is 0.726. The zero-order valence-corrected chi connectivity index (χ0v) is 11.6. The summed E-state index contributed by atoms with van der Waals surface area (Å²) in [6, 6.07) is 8.52. The molecule has 3 aromatic rings. The van der Waals surface area contributed by atoms with Gasteiger partial charge in [-0.15, -0.1) is 0 Å². The summed E-state index contributed by atoms with van der Waals surface area (Å²) in [5, 5.41) is 1.85. The molecule has 0 saturated carbocycles. The van der Waals surface area contributed by atoms with Crippen molar-refractivity contribution in [3.8, 4) is 5.75 Å². The number of rotatable bonds is 2. The van der Waals surface area contributed by atoms with E-state index in [0.717, 1.165) is 10.9 Å². The van der Waals surface area contributed by atoms with Crippen molar-refractivity contribution in [1.29, 1.82) is 0 Å². The van der Waals surface area contributed by atoms with Gasteiger partial charge in [-0.1, -0.05) is 23.2 Å². The molecule has 1 N–H and O–H groups in total. The molecule has 2 aromatic heterocycles. The molecular weight excluding hydrogens is 299 g/mol. The fraction of sp³-hybridized carbons (Fsp3) is 0. The highest BCUT2D eigenvalue weighted by Crippen LogP contribution is 2.21. The van der Waals surface area contributed by atoms with E-state index in [9.17, 15) is 4.79 Å². The summed E-state index contributed by atoms with van der Waals surface area (Å²) in [5.41, 5.74) is 1.15. The third-order valence-corrected chi connectivity index (χ3v) is 3.13. The summed E-state index contributed by atoms with van der Waals surface area (Å²) < 4.78 is 5.19. The Morgan fingerprint density at radius 3 is 2.75 bits per heavy atom. The molecule has 3 rings (SSSR count). The molecule has 0 aliphatic carbocycles. The van der Waals surface area contributed by atoms with Crippen molar-refractivity contribution in [2.45, 2.75) is 0 Å². The minimum absolute atomic E-state index is 0.291. The number of carbonyl (C=O) groups excluding carboxylic acids is 1. The summed E-state index contributed by atoms with van der Waals surface area (Å²) in [6.45, 7) is 0. The van der Waals surface area contributed by atoms with Crippen molar-refractivity contribution in [2.24, 2.45) is 0 Å². The van der Waals surface area contributed by atoms with Crippen LogP contribution in [-0.4, -0.2) is 15.9 Å². The van der Waals surface area contributed by atoms with E-state index in [4.69, 9.17) is 27.9 Å². The van der Waals surface area contributed by atoms with Gasteiger partial charge in [-0.25, -0.2) is 4.79 Å². The number of halogens is 2. The number of hydrogen-bond donors (Lipinski definition) is 1. The van der Waals surface area contributed by atoms with Gasteiger partial charge in [-0.2, -0.15) is 0 Å². The summed E-state index contributed by atoms with van der Waals surface area (Å²) >= 11 is 11.7. The smallest absolute Gasteiger partial charge is 0.360 e. The van der Waals surface area contributed by atoms with E-state index < -0.39 is 5.97 Å². The molecule has 0 bridgehead atoms. The van der Waals surface area contributed by atoms with Gasteiger partial charge in [-0.3, -0.25) is 4.98 Å². The van der Waals surface area contributed by atoms with Gasteiger partial charge in [0.05, 0.1) is 11.2 Å². The van der Waals surface area contributed by atoms with Gasteiger partial charge in [0.1, 0.15) is 5.69 Å². The van der Waals surface area contributed by atoms with Crippen molar-refractivity contribution in [3.05, 3.63) is 58.5 Å². The van der Waals surface area contributed by atoms with Gasteiger partial charge in [0.15, 0.2) is 5.75 Å². The lowest BCUT2D eigenvalue weighted by Gasteiger charge is -2.01. The van der Waals surface area contributed by atoms with Gasteiger partial charge in [0.2, 0.25) is 0 Å². The standard InChI is InChI=1S/C14H8Cl2N2O2/c15-9-1-2-12-8(3-9)4-13(18-12)14(19)20-11-5-10(16)6-17-7-11/h1-7,18H. The Labute approximate surface area is 124 Å². The highest BCUT2D eigenvalue weighted by molar-refractivity contribution is 6.31. The third kappa shape index (κ3) is 2.61. The van der Waals surface area contributed by atoms with Gasteiger partial charge >= 0.3 is 5.97 Å². The van der Waals surface area contributed by atoms with Crippen LogP contribution in [0.4, 0.5) is 0 Å². The van der Waals surface area contributed by atoms with E-state index in [1.165, 1.54) is 18.5 Å². The molecule has 0 aliphatic rings. The van der Waals surface area contributed by atoms with E-state index in [-0.39, 0.29) is 0 Å². The van der Waals surface area contributed by atoms with Crippen LogP contribution in [-0.2, 0) is 0 Å². The van der Waals surface area contributed by atoms with Gasteiger partial charge < -0.3 is 9.72 Å². The average Bonchev–Trinajstić information content (AvgIpc) is 2.81. The molecule has 2 heterocycles. The molecule has 100 valence electrons. The lowest BCUT2D eigenvalue weighted by atomic mass is 10.2. The summed E-state index contributed by atoms with van der Waals surface area (Å²) in [6.07, 6.45) is 2.88. The van der Waals surface area contributed by atoms with Crippen LogP contribution in [0.1, 0.15) is 10.5 Å². The zero-order valence-electron chi connectivity index (χ0n) is 10.1. The Kier molecular flexibility index (Phi) is 3.34. The molecule has 0 unspecified atom stereocenters. The van der Waals surface area contributed by atoms with Gasteiger partial charge in [0.25, 0.3) is 0 Å². The van der Waals surface area contributed by atoms with Gasteiger partial charge in [0, 0.05) is 28.2 Å². The lowest BCUT2D eigenvalue weighted by molar-refractivity contribution is 0.0729. The second-order valence-corrected chi connectivity index (χ2v) is 5.02. The van der Waals surface area contributed by atoms with Crippen molar-refractivity contribution in [2.75, 3.05) is 0 Å². The molecule has 0 radical (unpaired) electrons. The first-order valence-corrected chi connectivity index (χ1v) is 6.48. The Bertz CT molecular complexity index is 799. The summed E-state index contributed by atoms with van der Waals surface area (Å²) in [7, 11) is 0. The predicted molar refractivity (Wildman–Crippen MR) is 77.5 cm³/mol. The van der Waals surface area contributed by atoms with Crippen LogP contribution in [0.15, 0.2) is 42.7 Å². The van der Waals surface area contributed by atoms with Crippen LogP contribution in [0, 0.1) is 0 Å². The van der Waals surface area contributed by atoms with Crippen molar-refractivity contribution >= 4 is 40.1 Å². The zero-order chi connectivity index (χ0) is 14.1. The van der Waals surface area contributed by atoms with Crippen molar-refractivity contribution in [1.82, 2.24) is 9.97 Å². The first kappa shape index (κ1) is 13.0. The first-order chi connectivity index (χ1) is 9.61. The van der Waals surface area contributed by atoms with E-state index in [2.05, 4.69) is 9.97 Å². The molecule has 0 aliphatic heterocycles. The number of aromatic amines is 1. The highest BCUT2D eigenvalue weighted by atomic mass is 35.5. The second kappa shape index (κ2) is 5.15. The van der Waals surface area contributed by atoms with Crippen molar-refractivity contribution in [3.63, 3.8) is 0 Å². The second-order valence-electron chi connectivity index (χ2n) is 4.14. The fourth-order valence-corrected chi connectivity index (χ4v) is 2.17. The molecule has 0 amide bonds. The van der Waals surface area contributed by atoms with E-state index in [1.54, 1.807) is 24.3 Å². The number of fused-ring (bicyclic) bond motifs is 1. The Hall–Kier alpha value is -2.04. The normalized spacial score (nSPS) is 10.7. The number of carbonyl (C=O) groups is 1. The van der Waals surface area contributed by atoms with Crippen molar-refractivity contribution < 1.29 is 9.53 Å². The lowest BCUT2D eigenvalue weighted by Crippen LogP contribution is -2.08. The molecule has 1 aromatic carbocycles. The summed E-state index contributed by atoms with van der Waals surface area (Å²) in [5.74, 6) is -0.222. The van der Waals surface area contributed by atoms with Crippen LogP contribution >= 0.6 is 23.2 Å². The molecule has 6 heteroatoms. The number of hydrogen-bond acceptors (Lipinski definition) is 3. The number of nitrogens with zero attached hydrogens (tertiary/aromatic N) is 1. The van der Waals surface area contributed by atoms with Crippen LogP contribution in [0.2, 0.25) is 10.0 Å². The Morgan fingerprint density at radius 1 is 1.10 bits per heavy atom. The third-order valence-electron chi connectivity index (χ3n) is 2.69. The molecule has 4 nitrogen and oxygen atoms in total. The number of nitrogens with one attached hydrogen (secondary N) is 1. The number of ether oxygens (including phenoxy) is 1. The minimum Gasteiger partial charge on any atom is -0.420 e. The number of aromatic nitrogens is 2. The monoisotopic (exact) mass is 306 g/mol. The predicted octanol–water partition coefficient (Wildman–Crippen LogP) is 4.09. The SMILES string of the molecule is O=C(Oc1cncc(Cl)c1)c1cc2cc(Cl)ccc2[nH]1. The number of H-pyrrole nitrogens is 1. The number of esters is 1. The van der Waals surface area contributed by atoms with Crippen LogP contribution in [0.25, 0.3) is 10.9 Å². The van der Waals surface area contributed by atoms with E-state index in [1.807, 2.05) is 0 Å². The Morgan fingerprint density at radius 2 is 1.95 bits per heavy atom. The fourth-order valence-electron chi connectivity index (χ4n) is 1.82. The van der Waals surface area contributed by atoms with E-state index in [0.29, 0.717) is 21.5 Å². The molecule has 0 spiro atoms. The van der Waals surface area contributed by atoms with Crippen LogP contribution in [0.3, 0.4) is 0 Å². The maximum atomic E-state index is 12.0. The maximum absolute atomic E-state index is 12.0. The number of benzene rings is 1. The Balaban J connectivity index is 1.88. The molecule has 0 atom stereocenters. The summed E-state index contributed by atoms with van der Waals surface area (Å²) in [4.78, 5) is 18.8. The maximum Gasteiger partial charge on any atom is 0.360 e. The first-order valence-electron chi connectivity index (χ1n) is 5.73. The molecule has 0 saturated heterocycles. The van der Waals surface area contributed by atoms with Gasteiger partial charge in [-0.05, 0) is 24.3 Å². The molecule has 20 heavy (non-hydrogen) atoms. The van der Waals surface area contributed by atoms with E-state index >= 15 is 0 Å². The topological polar surface area (TPSA) is 55.0 Å². The van der Waals surface area contributed by atoms with Crippen LogP contribution in [0.5, 0.6) is 5.75 Å². The molecular formula is C14H8Cl2N2O2. The minimum atomic E-state index is -0.513. The highest BCUT2D eigenvalue weighted by Gasteiger charge is 2.12.